The predicted molar refractivity (Wildman–Crippen MR) is 285 cm³/mol. The lowest BCUT2D eigenvalue weighted by Gasteiger charge is -2.09. The van der Waals surface area contributed by atoms with Gasteiger partial charge in [0.1, 0.15) is 0 Å². The van der Waals surface area contributed by atoms with Crippen LogP contribution in [0.3, 0.4) is 0 Å². The van der Waals surface area contributed by atoms with Crippen LogP contribution >= 0.6 is 22.7 Å². The molecule has 0 saturated carbocycles. The van der Waals surface area contributed by atoms with Crippen molar-refractivity contribution in [1.29, 1.82) is 0 Å². The lowest BCUT2D eigenvalue weighted by molar-refractivity contribution is 1.17. The van der Waals surface area contributed by atoms with Gasteiger partial charge in [-0.3, -0.25) is 4.98 Å². The van der Waals surface area contributed by atoms with Gasteiger partial charge < -0.3 is 13.7 Å². The normalized spacial score (nSPS) is 11.9. The summed E-state index contributed by atoms with van der Waals surface area (Å²) in [5, 5.41) is 4.89. The molecule has 8 aromatic carbocycles. The topological polar surface area (TPSA) is 27.7 Å². The quantitative estimate of drug-likeness (QED) is 0.157. The number of aromatic nitrogens is 4. The zero-order valence-electron chi connectivity index (χ0n) is 36.0. The number of nitrogens with zero attached hydrogens (tertiary/aromatic N) is 4. The lowest BCUT2D eigenvalue weighted by Crippen LogP contribution is -1.94. The molecule has 0 fully saturated rings. The second-order valence-corrected chi connectivity index (χ2v) is 19.3. The SMILES string of the molecule is c1ccc(-c2cc3c(s2)c2sc(-c4ccc5c(c4)c4cc6c(cc4n5-c4ccccc4)c4cc(-c5cccc(-c7ccncc7)c5)ccc4n6-c4ccccc4)cc2n3-c2ccccc2)cc1. The largest absolute Gasteiger partial charge is 0.309 e. The Labute approximate surface area is 394 Å². The van der Waals surface area contributed by atoms with E-state index in [1.54, 1.807) is 0 Å². The van der Waals surface area contributed by atoms with Crippen molar-refractivity contribution in [2.24, 2.45) is 0 Å². The molecule has 0 aliphatic rings. The summed E-state index contributed by atoms with van der Waals surface area (Å²) < 4.78 is 10.0. The van der Waals surface area contributed by atoms with Gasteiger partial charge >= 0.3 is 0 Å². The Bertz CT molecular complexity index is 4180. The summed E-state index contributed by atoms with van der Waals surface area (Å²) in [6.07, 6.45) is 3.72. The molecule has 0 aliphatic heterocycles. The number of fused-ring (bicyclic) bond motifs is 9. The Hall–Kier alpha value is -8.29. The second kappa shape index (κ2) is 15.1. The van der Waals surface area contributed by atoms with Crippen LogP contribution in [0, 0.1) is 0 Å². The van der Waals surface area contributed by atoms with Crippen LogP contribution in [-0.2, 0) is 0 Å². The van der Waals surface area contributed by atoms with E-state index in [4.69, 9.17) is 0 Å². The molecule has 0 atom stereocenters. The minimum atomic E-state index is 1.14. The van der Waals surface area contributed by atoms with Gasteiger partial charge in [-0.1, -0.05) is 115 Å². The Morgan fingerprint density at radius 3 is 1.21 bits per heavy atom. The van der Waals surface area contributed by atoms with Crippen LogP contribution in [0.1, 0.15) is 0 Å². The zero-order valence-corrected chi connectivity index (χ0v) is 37.7. The van der Waals surface area contributed by atoms with Crippen molar-refractivity contribution in [3.8, 4) is 60.2 Å². The fourth-order valence-electron chi connectivity index (χ4n) is 10.3. The van der Waals surface area contributed by atoms with Crippen LogP contribution in [0.5, 0.6) is 0 Å². The van der Waals surface area contributed by atoms with Crippen LogP contribution < -0.4 is 0 Å². The number of hydrogen-bond donors (Lipinski definition) is 0. The van der Waals surface area contributed by atoms with Gasteiger partial charge in [0.05, 0.1) is 42.5 Å². The summed E-state index contributed by atoms with van der Waals surface area (Å²) >= 11 is 3.79. The molecule has 0 spiro atoms. The number of rotatable bonds is 7. The van der Waals surface area contributed by atoms with E-state index < -0.39 is 0 Å². The smallest absolute Gasteiger partial charge is 0.0711 e. The molecule has 314 valence electrons. The average Bonchev–Trinajstić information content (AvgIpc) is 4.22. The molecule has 0 aliphatic carbocycles. The van der Waals surface area contributed by atoms with Gasteiger partial charge in [0.2, 0.25) is 0 Å². The maximum atomic E-state index is 4.25. The standard InChI is InChI=1S/C61H38N4S2/c1-5-14-40(15-6-1)58-37-56-60(66-58)61-57(65(56)47-22-11-4-12-23-47)38-59(67-61)44-25-27-53-49(34-44)51-36-54-50(35-55(51)64(53)46-20-9-3-10-21-46)48-33-43(24-26-52(48)63(54)45-18-7-2-8-19-45)42-17-13-16-41(32-42)39-28-30-62-31-29-39/h1-38H. The highest BCUT2D eigenvalue weighted by Crippen LogP contribution is 2.48. The molecule has 0 radical (unpaired) electrons. The minimum Gasteiger partial charge on any atom is -0.309 e. The Morgan fingerprint density at radius 1 is 0.269 bits per heavy atom. The monoisotopic (exact) mass is 890 g/mol. The maximum Gasteiger partial charge on any atom is 0.0711 e. The fraction of sp³-hybridized carbons (Fsp3) is 0. The molecule has 67 heavy (non-hydrogen) atoms. The van der Waals surface area contributed by atoms with Crippen LogP contribution in [-0.4, -0.2) is 18.7 Å². The van der Waals surface area contributed by atoms with Gasteiger partial charge in [-0.2, -0.15) is 0 Å². The average molecular weight is 891 g/mol. The highest BCUT2D eigenvalue weighted by Gasteiger charge is 2.23. The van der Waals surface area contributed by atoms with E-state index in [1.807, 2.05) is 35.1 Å². The van der Waals surface area contributed by atoms with Gasteiger partial charge in [0.15, 0.2) is 0 Å². The summed E-state index contributed by atoms with van der Waals surface area (Å²) in [4.78, 5) is 6.80. The molecule has 6 heteroatoms. The summed E-state index contributed by atoms with van der Waals surface area (Å²) in [6, 6.07) is 79.9. The van der Waals surface area contributed by atoms with Crippen molar-refractivity contribution < 1.29 is 0 Å². The highest BCUT2D eigenvalue weighted by molar-refractivity contribution is 7.30. The van der Waals surface area contributed by atoms with Crippen LogP contribution in [0.15, 0.2) is 231 Å². The lowest BCUT2D eigenvalue weighted by atomic mass is 9.98. The van der Waals surface area contributed by atoms with Crippen LogP contribution in [0.25, 0.3) is 124 Å². The Morgan fingerprint density at radius 2 is 0.672 bits per heavy atom. The molecule has 6 heterocycles. The first-order valence-corrected chi connectivity index (χ1v) is 24.2. The molecular formula is C61H38N4S2. The summed E-state index contributed by atoms with van der Waals surface area (Å²) in [5.41, 5.74) is 17.9. The summed E-state index contributed by atoms with van der Waals surface area (Å²) in [5.74, 6) is 0. The molecule has 0 unspecified atom stereocenters. The van der Waals surface area contributed by atoms with Gasteiger partial charge in [-0.25, -0.2) is 0 Å². The number of para-hydroxylation sites is 3. The highest BCUT2D eigenvalue weighted by atomic mass is 32.1. The van der Waals surface area contributed by atoms with Crippen molar-refractivity contribution in [1.82, 2.24) is 18.7 Å². The first kappa shape index (κ1) is 38.0. The number of pyridine rings is 1. The van der Waals surface area contributed by atoms with E-state index in [0.717, 1.165) is 16.9 Å². The third-order valence-corrected chi connectivity index (χ3v) is 15.9. The molecule has 14 aromatic rings. The maximum absolute atomic E-state index is 4.25. The van der Waals surface area contributed by atoms with Gasteiger partial charge in [0, 0.05) is 60.8 Å². The predicted octanol–water partition coefficient (Wildman–Crippen LogP) is 17.2. The van der Waals surface area contributed by atoms with E-state index in [0.29, 0.717) is 0 Å². The van der Waals surface area contributed by atoms with Gasteiger partial charge in [0.25, 0.3) is 0 Å². The van der Waals surface area contributed by atoms with E-state index in [2.05, 4.69) is 237 Å². The Kier molecular flexibility index (Phi) is 8.59. The molecule has 4 nitrogen and oxygen atoms in total. The van der Waals surface area contributed by atoms with E-state index in [-0.39, 0.29) is 0 Å². The first-order valence-electron chi connectivity index (χ1n) is 22.6. The third-order valence-electron chi connectivity index (χ3n) is 13.4. The fourth-order valence-corrected chi connectivity index (χ4v) is 12.7. The number of benzene rings is 8. The van der Waals surface area contributed by atoms with Crippen molar-refractivity contribution in [2.75, 3.05) is 0 Å². The zero-order chi connectivity index (χ0) is 44.0. The number of thiophene rings is 2. The van der Waals surface area contributed by atoms with Gasteiger partial charge in [-0.15, -0.1) is 22.7 Å². The number of hydrogen-bond acceptors (Lipinski definition) is 3. The Balaban J connectivity index is 0.999. The summed E-state index contributed by atoms with van der Waals surface area (Å²) in [7, 11) is 0. The third kappa shape index (κ3) is 6.07. The van der Waals surface area contributed by atoms with Crippen molar-refractivity contribution in [3.05, 3.63) is 231 Å². The molecule has 0 bridgehead atoms. The van der Waals surface area contributed by atoms with Gasteiger partial charge in [-0.05, 0) is 137 Å². The molecule has 6 aromatic heterocycles. The molecule has 0 amide bonds. The van der Waals surface area contributed by atoms with Crippen LogP contribution in [0.4, 0.5) is 0 Å². The minimum absolute atomic E-state index is 1.14. The second-order valence-electron chi connectivity index (χ2n) is 17.2. The molecular weight excluding hydrogens is 853 g/mol. The van der Waals surface area contributed by atoms with Crippen molar-refractivity contribution in [3.63, 3.8) is 0 Å². The molecule has 0 saturated heterocycles. The van der Waals surface area contributed by atoms with E-state index in [1.165, 1.54) is 107 Å². The molecule has 0 N–H and O–H groups in total. The van der Waals surface area contributed by atoms with Crippen molar-refractivity contribution in [2.45, 2.75) is 0 Å². The molecule has 14 rings (SSSR count). The first-order chi connectivity index (χ1) is 33.2. The van der Waals surface area contributed by atoms with E-state index >= 15 is 0 Å². The summed E-state index contributed by atoms with van der Waals surface area (Å²) in [6.45, 7) is 0. The van der Waals surface area contributed by atoms with Crippen molar-refractivity contribution >= 4 is 86.7 Å². The van der Waals surface area contributed by atoms with Crippen LogP contribution in [0.2, 0.25) is 0 Å². The van der Waals surface area contributed by atoms with E-state index in [9.17, 15) is 0 Å².